The van der Waals surface area contributed by atoms with E-state index in [4.69, 9.17) is 51.8 Å². The van der Waals surface area contributed by atoms with Gasteiger partial charge in [-0.3, -0.25) is 14.5 Å². The van der Waals surface area contributed by atoms with Gasteiger partial charge in [0, 0.05) is 5.02 Å². The summed E-state index contributed by atoms with van der Waals surface area (Å²) >= 11 is 25.2. The van der Waals surface area contributed by atoms with Gasteiger partial charge >= 0.3 is 0 Å². The number of carbonyl (C=O) groups is 2. The number of anilines is 2. The van der Waals surface area contributed by atoms with Crippen molar-refractivity contribution < 1.29 is 14.3 Å². The van der Waals surface area contributed by atoms with Crippen molar-refractivity contribution in [2.24, 2.45) is 0 Å². The summed E-state index contributed by atoms with van der Waals surface area (Å²) in [5, 5.41) is 3.96. The average Bonchev–Trinajstić information content (AvgIpc) is 3.09. The largest absolute Gasteiger partial charge is 0.482 e. The molecular weight excluding hydrogens is 547 g/mol. The molecule has 0 atom stereocenters. The van der Waals surface area contributed by atoms with Crippen LogP contribution in [0.2, 0.25) is 15.1 Å². The molecule has 0 spiro atoms. The Morgan fingerprint density at radius 3 is 2.54 bits per heavy atom. The fraction of sp³-hybridized carbons (Fsp3) is 0.0800. The highest BCUT2D eigenvalue weighted by molar-refractivity contribution is 8.27. The molecule has 0 bridgehead atoms. The maximum atomic E-state index is 13.0. The molecule has 10 heteroatoms. The molecule has 1 heterocycles. The smallest absolute Gasteiger partial charge is 0.270 e. The number of benzene rings is 3. The van der Waals surface area contributed by atoms with Crippen LogP contribution >= 0.6 is 58.8 Å². The molecule has 1 saturated heterocycles. The molecule has 0 radical (unpaired) electrons. The van der Waals surface area contributed by atoms with E-state index in [-0.39, 0.29) is 18.4 Å². The Balaban J connectivity index is 1.43. The molecule has 1 aliphatic rings. The second kappa shape index (κ2) is 11.0. The maximum absolute atomic E-state index is 13.0. The van der Waals surface area contributed by atoms with Crippen LogP contribution in [0, 0.1) is 6.92 Å². The van der Waals surface area contributed by atoms with Crippen LogP contribution in [0.25, 0.3) is 6.08 Å². The maximum Gasteiger partial charge on any atom is 0.270 e. The van der Waals surface area contributed by atoms with Gasteiger partial charge in [-0.2, -0.15) is 0 Å². The summed E-state index contributed by atoms with van der Waals surface area (Å²) in [6.07, 6.45) is 1.70. The molecule has 3 aromatic rings. The zero-order valence-electron chi connectivity index (χ0n) is 18.2. The number of thioether (sulfide) groups is 1. The molecule has 0 unspecified atom stereocenters. The number of ether oxygens (including phenoxy) is 1. The van der Waals surface area contributed by atoms with E-state index < -0.39 is 0 Å². The number of rotatable bonds is 6. The number of para-hydroxylation sites is 1. The van der Waals surface area contributed by atoms with Crippen LogP contribution in [0.4, 0.5) is 11.4 Å². The standard InChI is InChI=1S/C25H17Cl3N2O3S2/c1-14-6-8-16(12-18(14)27)30-24(32)22(35-25(30)34)11-15-7-9-21(19(28)10-15)33-13-23(31)29-20-5-3-2-4-17(20)26/h2-12H,13H2,1H3,(H,29,31)/b22-11-. The Morgan fingerprint density at radius 1 is 1.06 bits per heavy atom. The summed E-state index contributed by atoms with van der Waals surface area (Å²) in [6.45, 7) is 1.64. The summed E-state index contributed by atoms with van der Waals surface area (Å²) in [5.74, 6) is -0.286. The zero-order chi connectivity index (χ0) is 25.1. The summed E-state index contributed by atoms with van der Waals surface area (Å²) in [5.41, 5.74) is 2.71. The van der Waals surface area contributed by atoms with Crippen LogP contribution in [0.5, 0.6) is 5.75 Å². The van der Waals surface area contributed by atoms with Crippen LogP contribution in [0.1, 0.15) is 11.1 Å². The van der Waals surface area contributed by atoms with Crippen molar-refractivity contribution in [1.29, 1.82) is 0 Å². The molecule has 1 fully saturated rings. The van der Waals surface area contributed by atoms with Gasteiger partial charge in [-0.25, -0.2) is 0 Å². The highest BCUT2D eigenvalue weighted by Crippen LogP contribution is 2.38. The lowest BCUT2D eigenvalue weighted by Gasteiger charge is -2.15. The molecule has 5 nitrogen and oxygen atoms in total. The predicted molar refractivity (Wildman–Crippen MR) is 149 cm³/mol. The van der Waals surface area contributed by atoms with E-state index in [1.807, 2.05) is 13.0 Å². The first kappa shape index (κ1) is 25.5. The van der Waals surface area contributed by atoms with Gasteiger partial charge in [0.25, 0.3) is 11.8 Å². The number of thiocarbonyl (C=S) groups is 1. The molecule has 2 amide bonds. The second-order valence-electron chi connectivity index (χ2n) is 7.46. The van der Waals surface area contributed by atoms with Gasteiger partial charge in [0.2, 0.25) is 0 Å². The summed E-state index contributed by atoms with van der Waals surface area (Å²) in [6, 6.07) is 17.3. The van der Waals surface area contributed by atoms with Crippen LogP contribution < -0.4 is 15.0 Å². The van der Waals surface area contributed by atoms with E-state index in [0.717, 1.165) is 5.56 Å². The predicted octanol–water partition coefficient (Wildman–Crippen LogP) is 7.38. The van der Waals surface area contributed by atoms with Crippen LogP contribution in [0.3, 0.4) is 0 Å². The Hall–Kier alpha value is -2.55. The van der Waals surface area contributed by atoms with Gasteiger partial charge in [-0.15, -0.1) is 0 Å². The minimum absolute atomic E-state index is 0.243. The fourth-order valence-corrected chi connectivity index (χ4v) is 5.08. The van der Waals surface area contributed by atoms with E-state index in [9.17, 15) is 9.59 Å². The first-order valence-electron chi connectivity index (χ1n) is 10.2. The molecule has 35 heavy (non-hydrogen) atoms. The normalized spacial score (nSPS) is 14.5. The quantitative estimate of drug-likeness (QED) is 0.250. The molecule has 1 N–H and O–H groups in total. The highest BCUT2D eigenvalue weighted by atomic mass is 35.5. The summed E-state index contributed by atoms with van der Waals surface area (Å²) in [7, 11) is 0. The van der Waals surface area contributed by atoms with Gasteiger partial charge in [0.05, 0.1) is 26.3 Å². The third-order valence-corrected chi connectivity index (χ3v) is 7.30. The number of aryl methyl sites for hydroxylation is 1. The van der Waals surface area contributed by atoms with E-state index in [2.05, 4.69) is 5.32 Å². The van der Waals surface area contributed by atoms with E-state index in [0.29, 0.717) is 47.0 Å². The lowest BCUT2D eigenvalue weighted by atomic mass is 10.2. The van der Waals surface area contributed by atoms with Crippen LogP contribution in [-0.2, 0) is 9.59 Å². The number of nitrogens with zero attached hydrogens (tertiary/aromatic N) is 1. The van der Waals surface area contributed by atoms with Gasteiger partial charge in [-0.1, -0.05) is 83.0 Å². The zero-order valence-corrected chi connectivity index (χ0v) is 22.1. The van der Waals surface area contributed by atoms with Crippen molar-refractivity contribution >= 4 is 92.4 Å². The van der Waals surface area contributed by atoms with Crippen molar-refractivity contribution in [3.8, 4) is 5.75 Å². The lowest BCUT2D eigenvalue weighted by Crippen LogP contribution is -2.27. The Kier molecular flexibility index (Phi) is 8.04. The first-order valence-corrected chi connectivity index (χ1v) is 12.6. The van der Waals surface area contributed by atoms with Gasteiger partial charge in [0.1, 0.15) is 5.75 Å². The Morgan fingerprint density at radius 2 is 1.83 bits per heavy atom. The number of hydrogen-bond acceptors (Lipinski definition) is 5. The first-order chi connectivity index (χ1) is 16.7. The van der Waals surface area contributed by atoms with Crippen LogP contribution in [0.15, 0.2) is 65.6 Å². The molecule has 0 saturated carbocycles. The van der Waals surface area contributed by atoms with Gasteiger partial charge in [0.15, 0.2) is 10.9 Å². The van der Waals surface area contributed by atoms with E-state index in [1.165, 1.54) is 16.7 Å². The van der Waals surface area contributed by atoms with Crippen LogP contribution in [-0.4, -0.2) is 22.7 Å². The summed E-state index contributed by atoms with van der Waals surface area (Å²) in [4.78, 5) is 27.1. The SMILES string of the molecule is Cc1ccc(N2C(=O)/C(=C/c3ccc(OCC(=O)Nc4ccccc4Cl)c(Cl)c3)SC2=S)cc1Cl. The molecule has 1 aliphatic heterocycles. The fourth-order valence-electron chi connectivity index (χ4n) is 3.18. The monoisotopic (exact) mass is 562 g/mol. The van der Waals surface area contributed by atoms with Crippen molar-refractivity contribution in [2.75, 3.05) is 16.8 Å². The average molecular weight is 564 g/mol. The molecule has 0 aliphatic carbocycles. The number of nitrogens with one attached hydrogen (secondary N) is 1. The number of amides is 2. The minimum Gasteiger partial charge on any atom is -0.482 e. The lowest BCUT2D eigenvalue weighted by molar-refractivity contribution is -0.118. The van der Waals surface area contributed by atoms with E-state index >= 15 is 0 Å². The topological polar surface area (TPSA) is 58.6 Å². The molecule has 4 rings (SSSR count). The minimum atomic E-state index is -0.377. The van der Waals surface area contributed by atoms with Crippen molar-refractivity contribution in [3.63, 3.8) is 0 Å². The second-order valence-corrected chi connectivity index (χ2v) is 10.4. The number of hydrogen-bond donors (Lipinski definition) is 1. The number of carbonyl (C=O) groups excluding carboxylic acids is 2. The van der Waals surface area contributed by atoms with Crippen molar-refractivity contribution in [3.05, 3.63) is 91.8 Å². The highest BCUT2D eigenvalue weighted by Gasteiger charge is 2.33. The third-order valence-electron chi connectivity index (χ3n) is 4.97. The third kappa shape index (κ3) is 6.00. The van der Waals surface area contributed by atoms with Gasteiger partial charge < -0.3 is 10.1 Å². The Bertz CT molecular complexity index is 1380. The van der Waals surface area contributed by atoms with Crippen molar-refractivity contribution in [2.45, 2.75) is 6.92 Å². The molecule has 0 aromatic heterocycles. The summed E-state index contributed by atoms with van der Waals surface area (Å²) < 4.78 is 5.96. The van der Waals surface area contributed by atoms with E-state index in [1.54, 1.807) is 60.7 Å². The van der Waals surface area contributed by atoms with Crippen molar-refractivity contribution in [1.82, 2.24) is 0 Å². The van der Waals surface area contributed by atoms with Gasteiger partial charge in [-0.05, 0) is 60.5 Å². The number of halogens is 3. The molecule has 3 aromatic carbocycles. The Labute approximate surface area is 227 Å². The molecule has 178 valence electrons. The molecular formula is C25H17Cl3N2O3S2.